The van der Waals surface area contributed by atoms with E-state index in [0.29, 0.717) is 25.2 Å². The summed E-state index contributed by atoms with van der Waals surface area (Å²) in [5.41, 5.74) is 2.47. The fraction of sp³-hybridized carbons (Fsp3) is 0.474. The van der Waals surface area contributed by atoms with Gasteiger partial charge in [0.2, 0.25) is 29.5 Å². The molecule has 2 saturated heterocycles. The van der Waals surface area contributed by atoms with Crippen molar-refractivity contribution >= 4 is 46.3 Å². The van der Waals surface area contributed by atoms with Gasteiger partial charge in [0.05, 0.1) is 6.10 Å². The highest BCUT2D eigenvalue weighted by Crippen LogP contribution is 2.25. The minimum atomic E-state index is -1.49. The number of ether oxygens (including phenoxy) is 2. The van der Waals surface area contributed by atoms with Gasteiger partial charge in [0, 0.05) is 49.3 Å². The van der Waals surface area contributed by atoms with Gasteiger partial charge in [-0.1, -0.05) is 30.3 Å². The number of carbonyl (C=O) groups is 6. The molecule has 7 atom stereocenters. The average molecular weight is 746 g/mol. The van der Waals surface area contributed by atoms with Crippen LogP contribution in [-0.2, 0) is 46.3 Å². The van der Waals surface area contributed by atoms with E-state index < -0.39 is 78.6 Å². The lowest BCUT2D eigenvalue weighted by molar-refractivity contribution is -0.143. The molecule has 7 N–H and O–H groups in total. The molecule has 0 radical (unpaired) electrons. The fourth-order valence-corrected chi connectivity index (χ4v) is 7.08. The molecule has 0 spiro atoms. The van der Waals surface area contributed by atoms with Crippen LogP contribution in [0.15, 0.2) is 54.7 Å². The zero-order valence-electron chi connectivity index (χ0n) is 30.3. The fourth-order valence-electron chi connectivity index (χ4n) is 7.08. The molecule has 54 heavy (non-hydrogen) atoms. The number of aromatic nitrogens is 1. The van der Waals surface area contributed by atoms with Crippen LogP contribution in [0.2, 0.25) is 0 Å². The van der Waals surface area contributed by atoms with Gasteiger partial charge in [0.15, 0.2) is 6.61 Å². The number of hydrogen-bond donors (Lipinski definition) is 7. The van der Waals surface area contributed by atoms with Crippen molar-refractivity contribution in [2.24, 2.45) is 0 Å². The Kier molecular flexibility index (Phi) is 12.1. The van der Waals surface area contributed by atoms with Gasteiger partial charge in [-0.15, -0.1) is 0 Å². The number of para-hydroxylation sites is 1. The van der Waals surface area contributed by atoms with Gasteiger partial charge in [-0.05, 0) is 68.9 Å². The van der Waals surface area contributed by atoms with Gasteiger partial charge in [0.1, 0.15) is 36.0 Å². The quantitative estimate of drug-likeness (QED) is 0.169. The summed E-state index contributed by atoms with van der Waals surface area (Å²) in [7, 11) is 0. The van der Waals surface area contributed by atoms with Gasteiger partial charge in [0.25, 0.3) is 5.91 Å². The lowest BCUT2D eigenvalue weighted by Crippen LogP contribution is -2.60. The average Bonchev–Trinajstić information content (AvgIpc) is 3.93. The van der Waals surface area contributed by atoms with Crippen LogP contribution in [0.3, 0.4) is 0 Å². The van der Waals surface area contributed by atoms with Crippen LogP contribution >= 0.6 is 0 Å². The van der Waals surface area contributed by atoms with E-state index in [1.54, 1.807) is 30.5 Å². The largest absolute Gasteiger partial charge is 0.484 e. The Bertz CT molecular complexity index is 1860. The Morgan fingerprint density at radius 3 is 2.52 bits per heavy atom. The van der Waals surface area contributed by atoms with Gasteiger partial charge in [-0.25, -0.2) is 0 Å². The summed E-state index contributed by atoms with van der Waals surface area (Å²) in [6.07, 6.45) is 1.51. The highest BCUT2D eigenvalue weighted by atomic mass is 16.5. The lowest BCUT2D eigenvalue weighted by Gasteiger charge is -2.30. The number of nitrogens with one attached hydrogen (secondary N) is 6. The monoisotopic (exact) mass is 745 g/mol. The molecule has 0 unspecified atom stereocenters. The van der Waals surface area contributed by atoms with Gasteiger partial charge >= 0.3 is 0 Å². The van der Waals surface area contributed by atoms with Crippen LogP contribution in [0.5, 0.6) is 5.75 Å². The first-order valence-corrected chi connectivity index (χ1v) is 18.3. The molecule has 7 rings (SSSR count). The molecule has 16 nitrogen and oxygen atoms in total. The second kappa shape index (κ2) is 17.1. The molecule has 5 heterocycles. The van der Waals surface area contributed by atoms with Crippen LogP contribution in [0.25, 0.3) is 10.9 Å². The predicted octanol–water partition coefficient (Wildman–Crippen LogP) is -0.418. The number of fused-ring (bicyclic) bond motifs is 17. The molecule has 16 heteroatoms. The summed E-state index contributed by atoms with van der Waals surface area (Å²) >= 11 is 0. The Morgan fingerprint density at radius 2 is 1.78 bits per heavy atom. The number of nitrogens with zero attached hydrogens (tertiary/aromatic N) is 1. The van der Waals surface area contributed by atoms with Crippen molar-refractivity contribution < 1.29 is 43.3 Å². The number of rotatable bonds is 5. The number of H-pyrrole nitrogens is 1. The minimum absolute atomic E-state index is 0.0180. The zero-order chi connectivity index (χ0) is 38.4. The van der Waals surface area contributed by atoms with Crippen molar-refractivity contribution in [1.29, 1.82) is 0 Å². The van der Waals surface area contributed by atoms with Crippen molar-refractivity contribution in [3.63, 3.8) is 0 Å². The number of hydrogen-bond acceptors (Lipinski definition) is 9. The number of amides is 6. The second-order valence-electron chi connectivity index (χ2n) is 14.1. The third kappa shape index (κ3) is 9.17. The molecular formula is C38H47N7O9. The molecule has 0 aliphatic carbocycles. The Morgan fingerprint density at radius 1 is 1.00 bits per heavy atom. The van der Waals surface area contributed by atoms with Crippen molar-refractivity contribution in [3.8, 4) is 5.75 Å². The number of aliphatic hydroxyl groups is 1. The van der Waals surface area contributed by atoms with E-state index in [-0.39, 0.29) is 31.8 Å². The molecule has 4 aliphatic rings. The maximum atomic E-state index is 14.6. The van der Waals surface area contributed by atoms with Gasteiger partial charge < -0.3 is 51.0 Å². The van der Waals surface area contributed by atoms with Gasteiger partial charge in [-0.3, -0.25) is 28.8 Å². The number of aliphatic hydroxyl groups excluding tert-OH is 1. The van der Waals surface area contributed by atoms with Crippen LogP contribution in [0.1, 0.15) is 44.2 Å². The first kappa shape index (κ1) is 38.3. The molecule has 288 valence electrons. The molecule has 0 saturated carbocycles. The standard InChI is InChI=1S/C38H47N7O9/c1-21-34(48)39-14-13-23-9-11-26(12-10-23)54-20-32(47)43-29(16-24-18-40-28-7-4-3-6-27(24)28)38(52)45-19-25(42-36(50)31-8-5-15-53-31)17-30(45)35(49)44-33(22(2)46)37(51)41-21/h3-4,6-7,9-12,18,21-22,25,29-31,33,40,46H,5,8,13-17,19-20H2,1-2H3,(H,39,48)(H,41,51)(H,42,50)(H,43,47)(H,44,49)/t21-,22+,25-,29+,30-,31-,33-/m0/s1. The normalized spacial score (nSPS) is 26.7. The van der Waals surface area contributed by atoms with E-state index in [1.807, 2.05) is 24.3 Å². The highest BCUT2D eigenvalue weighted by molar-refractivity contribution is 5.97. The molecular weight excluding hydrogens is 698 g/mol. The SMILES string of the molecule is C[C@@H]1NC(=O)[C@H]([C@@H](C)O)NC(=O)[C@@H]2C[C@H](NC(=O)[C@@H]3CCCO3)CN2C(=O)[C@@H](Cc2c[nH]c3ccccc23)NC(=O)COc2ccc(cc2)CCNC1=O. The molecule has 2 aromatic carbocycles. The lowest BCUT2D eigenvalue weighted by atomic mass is 10.0. The third-order valence-corrected chi connectivity index (χ3v) is 10.0. The van der Waals surface area contributed by atoms with Crippen LogP contribution in [0.4, 0.5) is 0 Å². The Balaban J connectivity index is 1.32. The maximum Gasteiger partial charge on any atom is 0.258 e. The highest BCUT2D eigenvalue weighted by Gasteiger charge is 2.44. The Labute approximate surface area is 312 Å². The first-order valence-electron chi connectivity index (χ1n) is 18.3. The topological polar surface area (TPSA) is 220 Å². The molecule has 4 aliphatic heterocycles. The molecule has 3 aromatic rings. The van der Waals surface area contributed by atoms with E-state index in [2.05, 4.69) is 31.6 Å². The van der Waals surface area contributed by atoms with E-state index in [0.717, 1.165) is 28.5 Å². The molecule has 2 bridgehead atoms. The summed E-state index contributed by atoms with van der Waals surface area (Å²) in [6, 6.07) is 8.98. The molecule has 1 aromatic heterocycles. The van der Waals surface area contributed by atoms with E-state index in [9.17, 15) is 33.9 Å². The van der Waals surface area contributed by atoms with Crippen molar-refractivity contribution in [3.05, 3.63) is 65.9 Å². The summed E-state index contributed by atoms with van der Waals surface area (Å²) in [5.74, 6) is -3.15. The Hall–Kier alpha value is -5.48. The zero-order valence-corrected chi connectivity index (χ0v) is 30.3. The van der Waals surface area contributed by atoms with Crippen LogP contribution < -0.4 is 31.3 Å². The smallest absolute Gasteiger partial charge is 0.258 e. The summed E-state index contributed by atoms with van der Waals surface area (Å²) < 4.78 is 11.3. The van der Waals surface area contributed by atoms with E-state index in [4.69, 9.17) is 9.47 Å². The van der Waals surface area contributed by atoms with Crippen LogP contribution in [-0.4, -0.2) is 119 Å². The molecule has 2 fully saturated rings. The van der Waals surface area contributed by atoms with Crippen molar-refractivity contribution in [1.82, 2.24) is 36.5 Å². The number of benzene rings is 2. The van der Waals surface area contributed by atoms with E-state index >= 15 is 0 Å². The minimum Gasteiger partial charge on any atom is -0.484 e. The van der Waals surface area contributed by atoms with Crippen molar-refractivity contribution in [2.45, 2.75) is 88.4 Å². The second-order valence-corrected chi connectivity index (χ2v) is 14.1. The number of aromatic amines is 1. The summed E-state index contributed by atoms with van der Waals surface area (Å²) in [5, 5.41) is 25.1. The van der Waals surface area contributed by atoms with E-state index in [1.165, 1.54) is 18.7 Å². The van der Waals surface area contributed by atoms with Crippen LogP contribution in [0, 0.1) is 0 Å². The maximum absolute atomic E-state index is 14.6. The summed E-state index contributed by atoms with van der Waals surface area (Å²) in [4.78, 5) is 85.9. The molecule has 6 amide bonds. The number of carbonyl (C=O) groups excluding carboxylic acids is 6. The third-order valence-electron chi connectivity index (χ3n) is 10.0. The first-order chi connectivity index (χ1) is 26.0. The van der Waals surface area contributed by atoms with Gasteiger partial charge in [-0.2, -0.15) is 0 Å². The van der Waals surface area contributed by atoms with Crippen molar-refractivity contribution in [2.75, 3.05) is 26.3 Å². The summed E-state index contributed by atoms with van der Waals surface area (Å²) in [6.45, 7) is 3.04. The predicted molar refractivity (Wildman–Crippen MR) is 195 cm³/mol.